The Morgan fingerprint density at radius 1 is 0.821 bits per heavy atom. The van der Waals surface area contributed by atoms with Gasteiger partial charge in [0.2, 0.25) is 0 Å². The molecule has 1 N–H and O–H groups in total. The maximum absolute atomic E-state index is 12.8. The summed E-state index contributed by atoms with van der Waals surface area (Å²) in [6.07, 6.45) is 5.49. The number of alkyl carbamates (subject to hydrolysis) is 1. The second-order valence-electron chi connectivity index (χ2n) is 13.0. The van der Waals surface area contributed by atoms with Gasteiger partial charge in [0.05, 0.1) is 6.04 Å². The average molecular weight is 546 g/mol. The zero-order valence-electron chi connectivity index (χ0n) is 25.1. The molecule has 0 aliphatic rings. The summed E-state index contributed by atoms with van der Waals surface area (Å²) in [5.74, 6) is 0.182. The summed E-state index contributed by atoms with van der Waals surface area (Å²) in [5.41, 5.74) is 1.88. The predicted octanol–water partition coefficient (Wildman–Crippen LogP) is 8.71. The number of hydrogen-bond donors (Lipinski definition) is 1. The quantitative estimate of drug-likeness (QED) is 0.205. The molecule has 1 amide bonds. The summed E-state index contributed by atoms with van der Waals surface area (Å²) in [4.78, 5) is 12.8. The van der Waals surface area contributed by atoms with Gasteiger partial charge in [-0.2, -0.15) is 0 Å². The zero-order chi connectivity index (χ0) is 28.7. The first-order valence-corrected chi connectivity index (χ1v) is 17.0. The van der Waals surface area contributed by atoms with Crippen molar-refractivity contribution in [3.8, 4) is 0 Å². The van der Waals surface area contributed by atoms with E-state index in [0.29, 0.717) is 13.0 Å². The van der Waals surface area contributed by atoms with E-state index in [2.05, 4.69) is 118 Å². The van der Waals surface area contributed by atoms with E-state index in [1.807, 2.05) is 26.8 Å². The lowest BCUT2D eigenvalue weighted by Crippen LogP contribution is -2.42. The fourth-order valence-corrected chi connectivity index (χ4v) is 5.23. The Morgan fingerprint density at radius 2 is 1.46 bits per heavy atom. The Bertz CT molecular complexity index is 1240. The van der Waals surface area contributed by atoms with E-state index in [1.165, 1.54) is 16.3 Å². The molecule has 0 heterocycles. The van der Waals surface area contributed by atoms with Crippen LogP contribution in [0.25, 0.3) is 10.8 Å². The molecule has 0 bridgehead atoms. The van der Waals surface area contributed by atoms with Crippen LogP contribution in [0.5, 0.6) is 0 Å². The molecule has 0 spiro atoms. The molecule has 3 rings (SSSR count). The van der Waals surface area contributed by atoms with E-state index >= 15 is 0 Å². The average Bonchev–Trinajstić information content (AvgIpc) is 2.84. The highest BCUT2D eigenvalue weighted by Gasteiger charge is 2.37. The number of hydrogen-bond acceptors (Lipinski definition) is 3. The molecule has 0 fully saturated rings. The van der Waals surface area contributed by atoms with Gasteiger partial charge in [-0.25, -0.2) is 4.79 Å². The van der Waals surface area contributed by atoms with Gasteiger partial charge < -0.3 is 14.5 Å². The molecule has 210 valence electrons. The Kier molecular flexibility index (Phi) is 10.2. The largest absolute Gasteiger partial charge is 0.444 e. The number of amides is 1. The van der Waals surface area contributed by atoms with Crippen LogP contribution in [0.4, 0.5) is 4.79 Å². The number of nitrogens with one attached hydrogen (secondary N) is 1. The van der Waals surface area contributed by atoms with Crippen LogP contribution in [0.1, 0.15) is 52.7 Å². The third-order valence-corrected chi connectivity index (χ3v) is 11.9. The van der Waals surface area contributed by atoms with Crippen LogP contribution in [0.3, 0.4) is 0 Å². The molecule has 0 radical (unpaired) electrons. The lowest BCUT2D eigenvalue weighted by Gasteiger charge is -2.37. The molecule has 0 saturated heterocycles. The van der Waals surface area contributed by atoms with Gasteiger partial charge in [-0.15, -0.1) is 0 Å². The van der Waals surface area contributed by atoms with Crippen molar-refractivity contribution in [2.75, 3.05) is 6.61 Å². The predicted molar refractivity (Wildman–Crippen MR) is 167 cm³/mol. The van der Waals surface area contributed by atoms with Crippen molar-refractivity contribution in [1.29, 1.82) is 0 Å². The van der Waals surface area contributed by atoms with E-state index < -0.39 is 20.0 Å². The van der Waals surface area contributed by atoms with Gasteiger partial charge in [-0.1, -0.05) is 106 Å². The number of fused-ring (bicyclic) bond motifs is 1. The number of carbonyl (C=O) groups excluding carboxylic acids is 1. The van der Waals surface area contributed by atoms with Gasteiger partial charge >= 0.3 is 6.09 Å². The van der Waals surface area contributed by atoms with Crippen LogP contribution in [0, 0.1) is 5.92 Å². The lowest BCUT2D eigenvalue weighted by molar-refractivity contribution is 0.0514. The van der Waals surface area contributed by atoms with Gasteiger partial charge in [-0.3, -0.25) is 0 Å². The van der Waals surface area contributed by atoms with Gasteiger partial charge in [0, 0.05) is 12.5 Å². The highest BCUT2D eigenvalue weighted by atomic mass is 28.4. The normalized spacial score (nSPS) is 14.4. The van der Waals surface area contributed by atoms with Crippen molar-refractivity contribution in [2.45, 2.75) is 84.2 Å². The Morgan fingerprint density at radius 3 is 2.10 bits per heavy atom. The molecule has 5 heteroatoms. The molecule has 3 aromatic rings. The molecule has 2 atom stereocenters. The van der Waals surface area contributed by atoms with Crippen molar-refractivity contribution >= 4 is 25.2 Å². The summed E-state index contributed by atoms with van der Waals surface area (Å²) in [7, 11) is -1.90. The van der Waals surface area contributed by atoms with Gasteiger partial charge in [0.25, 0.3) is 0 Å². The lowest BCUT2D eigenvalue weighted by atomic mass is 9.97. The van der Waals surface area contributed by atoms with E-state index in [9.17, 15) is 4.79 Å². The molecule has 0 aliphatic carbocycles. The molecule has 2 unspecified atom stereocenters. The SMILES string of the molecule is CC(C)(C)OC(=O)NC(/C=C/C(CO[Si](C)(C)C(C)(C)C)Cc1ccccc1)Cc1ccc2ccccc2c1. The van der Waals surface area contributed by atoms with Crippen molar-refractivity contribution in [3.63, 3.8) is 0 Å². The molecular weight excluding hydrogens is 498 g/mol. The van der Waals surface area contributed by atoms with E-state index in [-0.39, 0.29) is 17.0 Å². The van der Waals surface area contributed by atoms with Gasteiger partial charge in [0.1, 0.15) is 5.60 Å². The maximum atomic E-state index is 12.8. The summed E-state index contributed by atoms with van der Waals surface area (Å²) < 4.78 is 12.3. The molecule has 0 aromatic heterocycles. The van der Waals surface area contributed by atoms with Crippen LogP contribution >= 0.6 is 0 Å². The first-order chi connectivity index (χ1) is 18.2. The highest BCUT2D eigenvalue weighted by molar-refractivity contribution is 6.74. The number of benzene rings is 3. The summed E-state index contributed by atoms with van der Waals surface area (Å²) in [6.45, 7) is 17.7. The van der Waals surface area contributed by atoms with Gasteiger partial charge in [-0.05, 0) is 73.6 Å². The van der Waals surface area contributed by atoms with Crippen LogP contribution < -0.4 is 5.32 Å². The van der Waals surface area contributed by atoms with Gasteiger partial charge in [0.15, 0.2) is 8.32 Å². The molecular formula is C34H47NO3Si. The fraction of sp³-hybridized carbons (Fsp3) is 0.441. The molecule has 3 aromatic carbocycles. The van der Waals surface area contributed by atoms with Crippen molar-refractivity contribution < 1.29 is 14.0 Å². The molecule has 0 saturated carbocycles. The number of rotatable bonds is 10. The number of ether oxygens (including phenoxy) is 1. The van der Waals surface area contributed by atoms with Crippen molar-refractivity contribution in [3.05, 3.63) is 96.1 Å². The Hall–Kier alpha value is -2.89. The third kappa shape index (κ3) is 9.98. The van der Waals surface area contributed by atoms with Crippen molar-refractivity contribution in [2.24, 2.45) is 5.92 Å². The monoisotopic (exact) mass is 545 g/mol. The minimum atomic E-state index is -1.90. The number of carbonyl (C=O) groups is 1. The van der Waals surface area contributed by atoms with Crippen LogP contribution in [0.15, 0.2) is 84.9 Å². The van der Waals surface area contributed by atoms with Crippen molar-refractivity contribution in [1.82, 2.24) is 5.32 Å². The first-order valence-electron chi connectivity index (χ1n) is 14.1. The van der Waals surface area contributed by atoms with Crippen LogP contribution in [0.2, 0.25) is 18.1 Å². The topological polar surface area (TPSA) is 47.6 Å². The van der Waals surface area contributed by atoms with Crippen LogP contribution in [-0.2, 0) is 22.0 Å². The highest BCUT2D eigenvalue weighted by Crippen LogP contribution is 2.37. The van der Waals surface area contributed by atoms with E-state index in [1.54, 1.807) is 0 Å². The molecule has 39 heavy (non-hydrogen) atoms. The second kappa shape index (κ2) is 13.0. The van der Waals surface area contributed by atoms with Crippen LogP contribution in [-0.4, -0.2) is 32.7 Å². The molecule has 0 aliphatic heterocycles. The summed E-state index contributed by atoms with van der Waals surface area (Å²) >= 11 is 0. The molecule has 4 nitrogen and oxygen atoms in total. The Balaban J connectivity index is 1.85. The minimum absolute atomic E-state index is 0.144. The maximum Gasteiger partial charge on any atom is 0.408 e. The van der Waals surface area contributed by atoms with E-state index in [4.69, 9.17) is 9.16 Å². The standard InChI is InChI=1S/C34H47NO3Si/c1-33(2,3)38-32(36)35-31(24-27-18-20-29-16-12-13-17-30(29)23-27)21-19-28(22-26-14-10-9-11-15-26)25-37-39(7,8)34(4,5)6/h9-21,23,28,31H,22,24-25H2,1-8H3,(H,35,36)/b21-19+. The smallest absolute Gasteiger partial charge is 0.408 e. The second-order valence-corrected chi connectivity index (χ2v) is 17.9. The zero-order valence-corrected chi connectivity index (χ0v) is 26.1. The Labute approximate surface area is 236 Å². The minimum Gasteiger partial charge on any atom is -0.444 e. The summed E-state index contributed by atoms with van der Waals surface area (Å²) in [5, 5.41) is 5.65. The fourth-order valence-electron chi connectivity index (χ4n) is 4.17. The first kappa shape index (κ1) is 30.6. The third-order valence-electron chi connectivity index (χ3n) is 7.39. The summed E-state index contributed by atoms with van der Waals surface area (Å²) in [6, 6.07) is 25.2. The van der Waals surface area contributed by atoms with E-state index in [0.717, 1.165) is 12.0 Å².